The van der Waals surface area contributed by atoms with Crippen LogP contribution in [0.4, 0.5) is 10.6 Å². The van der Waals surface area contributed by atoms with E-state index in [0.29, 0.717) is 23.7 Å². The van der Waals surface area contributed by atoms with Crippen LogP contribution in [0.5, 0.6) is 11.5 Å². The van der Waals surface area contributed by atoms with Crippen molar-refractivity contribution in [1.29, 1.82) is 0 Å². The number of ether oxygens (including phenoxy) is 2. The predicted molar refractivity (Wildman–Crippen MR) is 121 cm³/mol. The van der Waals surface area contributed by atoms with Gasteiger partial charge in [-0.25, -0.2) is 4.79 Å². The number of nitrogens with one attached hydrogen (secondary N) is 2. The molecule has 0 atom stereocenters. The fourth-order valence-electron chi connectivity index (χ4n) is 3.22. The molecule has 3 rings (SSSR count). The van der Waals surface area contributed by atoms with E-state index < -0.39 is 12.1 Å². The molecule has 0 bridgehead atoms. The molecule has 1 aromatic heterocycles. The summed E-state index contributed by atoms with van der Waals surface area (Å²) < 4.78 is 10.5. The van der Waals surface area contributed by atoms with E-state index in [0.717, 1.165) is 22.4 Å². The highest BCUT2D eigenvalue weighted by atomic mass is 16.6. The number of aromatic amines is 1. The van der Waals surface area contributed by atoms with Crippen molar-refractivity contribution in [2.24, 2.45) is 0 Å². The number of H-pyrrole nitrogens is 1. The lowest BCUT2D eigenvalue weighted by Crippen LogP contribution is -2.18. The molecule has 0 aliphatic carbocycles. The Morgan fingerprint density at radius 3 is 2.22 bits per heavy atom. The quantitative estimate of drug-likeness (QED) is 0.479. The molecule has 32 heavy (non-hydrogen) atoms. The number of nitrogens with zero attached hydrogens (tertiary/aromatic N) is 1. The summed E-state index contributed by atoms with van der Waals surface area (Å²) in [7, 11) is 1.56. The van der Waals surface area contributed by atoms with E-state index >= 15 is 0 Å². The van der Waals surface area contributed by atoms with Crippen LogP contribution < -0.4 is 14.8 Å². The second-order valence-electron chi connectivity index (χ2n) is 8.35. The number of anilines is 1. The van der Waals surface area contributed by atoms with E-state index in [1.807, 2.05) is 45.0 Å². The van der Waals surface area contributed by atoms with Gasteiger partial charge in [-0.05, 0) is 41.8 Å². The molecular weight excluding hydrogens is 410 g/mol. The Balaban J connectivity index is 1.84. The van der Waals surface area contributed by atoms with Crippen LogP contribution in [-0.2, 0) is 16.6 Å². The van der Waals surface area contributed by atoms with Crippen LogP contribution in [0.1, 0.15) is 38.4 Å². The third-order valence-corrected chi connectivity index (χ3v) is 4.84. The van der Waals surface area contributed by atoms with E-state index in [4.69, 9.17) is 14.6 Å². The summed E-state index contributed by atoms with van der Waals surface area (Å²) in [4.78, 5) is 23.3. The van der Waals surface area contributed by atoms with E-state index in [1.54, 1.807) is 31.4 Å². The van der Waals surface area contributed by atoms with Crippen molar-refractivity contribution >= 4 is 17.9 Å². The highest BCUT2D eigenvalue weighted by Crippen LogP contribution is 2.36. The Morgan fingerprint density at radius 2 is 1.66 bits per heavy atom. The second-order valence-corrected chi connectivity index (χ2v) is 8.35. The molecule has 168 valence electrons. The Labute approximate surface area is 186 Å². The van der Waals surface area contributed by atoms with E-state index in [9.17, 15) is 9.59 Å². The average molecular weight is 437 g/mol. The fourth-order valence-corrected chi connectivity index (χ4v) is 3.22. The number of amides is 1. The van der Waals surface area contributed by atoms with Crippen LogP contribution >= 0.6 is 0 Å². The van der Waals surface area contributed by atoms with Crippen LogP contribution in [0.3, 0.4) is 0 Å². The first-order valence-electron chi connectivity index (χ1n) is 10.2. The van der Waals surface area contributed by atoms with Gasteiger partial charge in [0.15, 0.2) is 0 Å². The van der Waals surface area contributed by atoms with Crippen LogP contribution in [0.25, 0.3) is 11.1 Å². The predicted octanol–water partition coefficient (Wildman–Crippen LogP) is 5.01. The van der Waals surface area contributed by atoms with Gasteiger partial charge >= 0.3 is 12.1 Å². The molecule has 1 amide bonds. The van der Waals surface area contributed by atoms with Crippen molar-refractivity contribution in [3.05, 3.63) is 59.8 Å². The largest absolute Gasteiger partial charge is 0.497 e. The van der Waals surface area contributed by atoms with Gasteiger partial charge in [0.1, 0.15) is 17.3 Å². The van der Waals surface area contributed by atoms with Crippen molar-refractivity contribution in [3.8, 4) is 22.6 Å². The molecule has 3 aromatic rings. The van der Waals surface area contributed by atoms with Gasteiger partial charge in [-0.2, -0.15) is 5.10 Å². The number of hydrogen-bond acceptors (Lipinski definition) is 5. The lowest BCUT2D eigenvalue weighted by Gasteiger charge is -2.18. The number of aliphatic carboxylic acids is 1. The number of carbonyl (C=O) groups is 2. The number of rotatable bonds is 7. The molecule has 8 nitrogen and oxygen atoms in total. The molecule has 1 heterocycles. The highest BCUT2D eigenvalue weighted by Gasteiger charge is 2.26. The monoisotopic (exact) mass is 437 g/mol. The Hall–Kier alpha value is -3.81. The van der Waals surface area contributed by atoms with Crippen molar-refractivity contribution < 1.29 is 24.2 Å². The number of carbonyl (C=O) groups excluding carboxylic acids is 1. The SMILES string of the molecule is COc1ccc(OC(=O)Nc2[nH]nc(C(C)(C)C)c2-c2ccc(CCC(=O)O)cc2)cc1. The molecular formula is C24H27N3O5. The first-order chi connectivity index (χ1) is 15.2. The average Bonchev–Trinajstić information content (AvgIpc) is 3.17. The zero-order valence-corrected chi connectivity index (χ0v) is 18.6. The number of aryl methyl sites for hydroxylation is 1. The maximum atomic E-state index is 12.5. The van der Waals surface area contributed by atoms with Gasteiger partial charge < -0.3 is 14.6 Å². The summed E-state index contributed by atoms with van der Waals surface area (Å²) in [5.41, 5.74) is 3.03. The lowest BCUT2D eigenvalue weighted by atomic mass is 9.87. The zero-order valence-electron chi connectivity index (χ0n) is 18.6. The number of carboxylic acid groups (broad SMARTS) is 1. The van der Waals surface area contributed by atoms with Crippen molar-refractivity contribution in [1.82, 2.24) is 10.2 Å². The minimum absolute atomic E-state index is 0.0717. The van der Waals surface area contributed by atoms with E-state index in [1.165, 1.54) is 0 Å². The van der Waals surface area contributed by atoms with Crippen LogP contribution in [0, 0.1) is 0 Å². The summed E-state index contributed by atoms with van der Waals surface area (Å²) in [6, 6.07) is 14.3. The minimum Gasteiger partial charge on any atom is -0.497 e. The van der Waals surface area contributed by atoms with Gasteiger partial charge in [0.25, 0.3) is 0 Å². The molecule has 3 N–H and O–H groups in total. The lowest BCUT2D eigenvalue weighted by molar-refractivity contribution is -0.136. The van der Waals surface area contributed by atoms with Crippen LogP contribution in [0.2, 0.25) is 0 Å². The van der Waals surface area contributed by atoms with Gasteiger partial charge in [0.2, 0.25) is 0 Å². The molecule has 0 fully saturated rings. The number of benzene rings is 2. The second kappa shape index (κ2) is 9.55. The van der Waals surface area contributed by atoms with Gasteiger partial charge in [-0.3, -0.25) is 15.2 Å². The topological polar surface area (TPSA) is 114 Å². The van der Waals surface area contributed by atoms with E-state index in [-0.39, 0.29) is 11.8 Å². The van der Waals surface area contributed by atoms with Crippen molar-refractivity contribution in [3.63, 3.8) is 0 Å². The molecule has 0 saturated heterocycles. The standard InChI is InChI=1S/C24H27N3O5/c1-24(2,3)21-20(16-8-5-15(6-9-16)7-14-19(28)29)22(27-26-21)25-23(30)32-18-12-10-17(31-4)11-13-18/h5-6,8-13H,7,14H2,1-4H3,(H,28,29)(H2,25,26,27,30). The number of carboxylic acids is 1. The zero-order chi connectivity index (χ0) is 23.3. The summed E-state index contributed by atoms with van der Waals surface area (Å²) >= 11 is 0. The minimum atomic E-state index is -0.833. The molecule has 0 aliphatic rings. The van der Waals surface area contributed by atoms with E-state index in [2.05, 4.69) is 15.5 Å². The highest BCUT2D eigenvalue weighted by molar-refractivity contribution is 5.92. The van der Waals surface area contributed by atoms with Gasteiger partial charge in [-0.15, -0.1) is 0 Å². The maximum absolute atomic E-state index is 12.5. The molecule has 0 aliphatic heterocycles. The molecule has 0 radical (unpaired) electrons. The summed E-state index contributed by atoms with van der Waals surface area (Å²) in [6.45, 7) is 6.11. The molecule has 2 aromatic carbocycles. The molecule has 0 saturated carbocycles. The Bertz CT molecular complexity index is 1080. The number of hydrogen-bond donors (Lipinski definition) is 3. The summed E-state index contributed by atoms with van der Waals surface area (Å²) in [6.07, 6.45) is -0.132. The Kier molecular flexibility index (Phi) is 6.82. The van der Waals surface area contributed by atoms with Crippen molar-refractivity contribution in [2.75, 3.05) is 12.4 Å². The van der Waals surface area contributed by atoms with Crippen molar-refractivity contribution in [2.45, 2.75) is 39.0 Å². The number of aromatic nitrogens is 2. The van der Waals surface area contributed by atoms with Gasteiger partial charge in [-0.1, -0.05) is 45.0 Å². The normalized spacial score (nSPS) is 11.1. The molecule has 8 heteroatoms. The molecule has 0 spiro atoms. The first kappa shape index (κ1) is 22.9. The summed E-state index contributed by atoms with van der Waals surface area (Å²) in [5.74, 6) is 0.630. The fraction of sp³-hybridized carbons (Fsp3) is 0.292. The first-order valence-corrected chi connectivity index (χ1v) is 10.2. The third kappa shape index (κ3) is 5.66. The maximum Gasteiger partial charge on any atom is 0.418 e. The van der Waals surface area contributed by atoms with Gasteiger partial charge in [0, 0.05) is 17.4 Å². The molecule has 0 unspecified atom stereocenters. The van der Waals surface area contributed by atoms with Gasteiger partial charge in [0.05, 0.1) is 12.8 Å². The number of methoxy groups -OCH3 is 1. The van der Waals surface area contributed by atoms with Crippen LogP contribution in [-0.4, -0.2) is 34.5 Å². The van der Waals surface area contributed by atoms with Crippen LogP contribution in [0.15, 0.2) is 48.5 Å². The third-order valence-electron chi connectivity index (χ3n) is 4.84. The smallest absolute Gasteiger partial charge is 0.418 e. The summed E-state index contributed by atoms with van der Waals surface area (Å²) in [5, 5.41) is 19.0. The Morgan fingerprint density at radius 1 is 1.03 bits per heavy atom.